The fourth-order valence-corrected chi connectivity index (χ4v) is 3.74. The summed E-state index contributed by atoms with van der Waals surface area (Å²) in [5.74, 6) is 0.905. The molecule has 2 rings (SSSR count). The normalized spacial score (nSPS) is 18.1. The predicted octanol–water partition coefficient (Wildman–Crippen LogP) is 3.10. The molecule has 1 unspecified atom stereocenters. The van der Waals surface area contributed by atoms with Gasteiger partial charge in [0.2, 0.25) is 0 Å². The lowest BCUT2D eigenvalue weighted by Gasteiger charge is -2.36. The monoisotopic (exact) mass is 407 g/mol. The highest BCUT2D eigenvalue weighted by molar-refractivity contribution is 6.30. The standard InChI is InChI=1S/C22H38ClN5/c1-6-24-21(25-16-18(2)28-12-10-27(5)11-13-28)26-17-22(3,4)15-19-8-7-9-20(23)14-19/h7-9,14,18H,6,10-13,15-17H2,1-5H3,(H2,24,25,26). The van der Waals surface area contributed by atoms with Crippen LogP contribution < -0.4 is 10.6 Å². The van der Waals surface area contributed by atoms with Crippen molar-refractivity contribution in [2.24, 2.45) is 10.4 Å². The van der Waals surface area contributed by atoms with Crippen LogP contribution in [0, 0.1) is 5.41 Å². The molecule has 0 amide bonds. The van der Waals surface area contributed by atoms with Gasteiger partial charge >= 0.3 is 0 Å². The lowest BCUT2D eigenvalue weighted by molar-refractivity contribution is 0.120. The number of benzene rings is 1. The average molecular weight is 408 g/mol. The van der Waals surface area contributed by atoms with Gasteiger partial charge in [-0.2, -0.15) is 0 Å². The van der Waals surface area contributed by atoms with Crippen LogP contribution in [0.15, 0.2) is 29.3 Å². The average Bonchev–Trinajstić information content (AvgIpc) is 2.64. The van der Waals surface area contributed by atoms with Gasteiger partial charge in [-0.05, 0) is 50.4 Å². The van der Waals surface area contributed by atoms with Crippen molar-refractivity contribution in [2.75, 3.05) is 52.9 Å². The molecule has 1 aromatic carbocycles. The second-order valence-electron chi connectivity index (χ2n) is 8.74. The quantitative estimate of drug-likeness (QED) is 0.513. The predicted molar refractivity (Wildman–Crippen MR) is 121 cm³/mol. The molecule has 2 N–H and O–H groups in total. The van der Waals surface area contributed by atoms with E-state index >= 15 is 0 Å². The first kappa shape index (κ1) is 23.0. The van der Waals surface area contributed by atoms with E-state index in [1.165, 1.54) is 5.56 Å². The van der Waals surface area contributed by atoms with E-state index in [1.54, 1.807) is 0 Å². The van der Waals surface area contributed by atoms with Crippen LogP contribution in [0.3, 0.4) is 0 Å². The van der Waals surface area contributed by atoms with E-state index in [1.807, 2.05) is 18.2 Å². The summed E-state index contributed by atoms with van der Waals surface area (Å²) < 4.78 is 0. The topological polar surface area (TPSA) is 42.9 Å². The summed E-state index contributed by atoms with van der Waals surface area (Å²) in [6.07, 6.45) is 0.953. The summed E-state index contributed by atoms with van der Waals surface area (Å²) in [5, 5.41) is 7.72. The molecule has 1 atom stereocenters. The highest BCUT2D eigenvalue weighted by Gasteiger charge is 2.20. The Hall–Kier alpha value is -1.30. The summed E-state index contributed by atoms with van der Waals surface area (Å²) >= 11 is 6.13. The molecule has 1 aliphatic heterocycles. The number of rotatable bonds is 8. The second kappa shape index (κ2) is 11.0. The number of piperazine rings is 1. The third-order valence-electron chi connectivity index (χ3n) is 5.31. The van der Waals surface area contributed by atoms with Crippen molar-refractivity contribution < 1.29 is 0 Å². The Morgan fingerprint density at radius 1 is 1.21 bits per heavy atom. The van der Waals surface area contributed by atoms with Crippen LogP contribution >= 0.6 is 11.6 Å². The minimum Gasteiger partial charge on any atom is -0.357 e. The fraction of sp³-hybridized carbons (Fsp3) is 0.682. The van der Waals surface area contributed by atoms with Gasteiger partial charge in [0.25, 0.3) is 0 Å². The van der Waals surface area contributed by atoms with E-state index < -0.39 is 0 Å². The van der Waals surface area contributed by atoms with Crippen molar-refractivity contribution in [1.29, 1.82) is 0 Å². The van der Waals surface area contributed by atoms with Crippen molar-refractivity contribution in [2.45, 2.75) is 40.2 Å². The molecule has 6 heteroatoms. The van der Waals surface area contributed by atoms with Gasteiger partial charge < -0.3 is 15.5 Å². The molecule has 158 valence electrons. The number of hydrogen-bond acceptors (Lipinski definition) is 3. The maximum atomic E-state index is 6.13. The minimum atomic E-state index is 0.0656. The van der Waals surface area contributed by atoms with Crippen molar-refractivity contribution in [3.8, 4) is 0 Å². The van der Waals surface area contributed by atoms with Gasteiger partial charge in [-0.3, -0.25) is 9.89 Å². The molecule has 0 saturated carbocycles. The molecule has 1 heterocycles. The molecule has 1 fully saturated rings. The Bertz CT molecular complexity index is 623. The van der Waals surface area contributed by atoms with Crippen molar-refractivity contribution >= 4 is 17.6 Å². The molecule has 0 bridgehead atoms. The number of halogens is 1. The van der Waals surface area contributed by atoms with Crippen LogP contribution in [0.1, 0.15) is 33.3 Å². The number of hydrogen-bond donors (Lipinski definition) is 2. The van der Waals surface area contributed by atoms with Crippen LogP contribution in [0.4, 0.5) is 0 Å². The van der Waals surface area contributed by atoms with E-state index in [0.717, 1.165) is 63.2 Å². The molecule has 1 aromatic rings. The van der Waals surface area contributed by atoms with Crippen LogP contribution in [0.2, 0.25) is 5.02 Å². The molecule has 0 aliphatic carbocycles. The molecule has 0 aromatic heterocycles. The SMILES string of the molecule is CCNC(=NCC(C)(C)Cc1cccc(Cl)c1)NCC(C)N1CCN(C)CC1. The summed E-state index contributed by atoms with van der Waals surface area (Å²) in [6, 6.07) is 8.62. The van der Waals surface area contributed by atoms with Crippen molar-refractivity contribution in [3.05, 3.63) is 34.9 Å². The van der Waals surface area contributed by atoms with Gasteiger partial charge in [-0.25, -0.2) is 0 Å². The minimum absolute atomic E-state index is 0.0656. The molecule has 0 radical (unpaired) electrons. The zero-order valence-electron chi connectivity index (χ0n) is 18.3. The lowest BCUT2D eigenvalue weighted by atomic mass is 9.86. The maximum absolute atomic E-state index is 6.13. The first-order valence-corrected chi connectivity index (χ1v) is 10.9. The number of nitrogens with zero attached hydrogens (tertiary/aromatic N) is 3. The number of likely N-dealkylation sites (N-methyl/N-ethyl adjacent to an activating group) is 1. The highest BCUT2D eigenvalue weighted by atomic mass is 35.5. The Balaban J connectivity index is 1.87. The van der Waals surface area contributed by atoms with Gasteiger partial charge in [0, 0.05) is 56.9 Å². The zero-order chi connectivity index (χ0) is 20.6. The second-order valence-corrected chi connectivity index (χ2v) is 9.17. The van der Waals surface area contributed by atoms with Crippen LogP contribution in [-0.4, -0.2) is 74.7 Å². The largest absolute Gasteiger partial charge is 0.357 e. The van der Waals surface area contributed by atoms with E-state index in [2.05, 4.69) is 61.2 Å². The summed E-state index contributed by atoms with van der Waals surface area (Å²) in [6.45, 7) is 16.0. The molecule has 28 heavy (non-hydrogen) atoms. The molecular weight excluding hydrogens is 370 g/mol. The third-order valence-corrected chi connectivity index (χ3v) is 5.54. The number of nitrogens with one attached hydrogen (secondary N) is 2. The zero-order valence-corrected chi connectivity index (χ0v) is 19.0. The van der Waals surface area contributed by atoms with E-state index in [-0.39, 0.29) is 5.41 Å². The lowest BCUT2D eigenvalue weighted by Crippen LogP contribution is -2.52. The molecular formula is C22H38ClN5. The van der Waals surface area contributed by atoms with Gasteiger partial charge in [0.05, 0.1) is 0 Å². The fourth-order valence-electron chi connectivity index (χ4n) is 3.53. The van der Waals surface area contributed by atoms with Crippen LogP contribution in [0.5, 0.6) is 0 Å². The Morgan fingerprint density at radius 2 is 1.93 bits per heavy atom. The van der Waals surface area contributed by atoms with Crippen LogP contribution in [0.25, 0.3) is 0 Å². The molecule has 1 aliphatic rings. The number of guanidine groups is 1. The molecule has 0 spiro atoms. The molecule has 1 saturated heterocycles. The van der Waals surface area contributed by atoms with Gasteiger partial charge in [0.1, 0.15) is 0 Å². The van der Waals surface area contributed by atoms with E-state index in [4.69, 9.17) is 16.6 Å². The van der Waals surface area contributed by atoms with Crippen LogP contribution in [-0.2, 0) is 6.42 Å². The first-order chi connectivity index (χ1) is 13.3. The summed E-state index contributed by atoms with van der Waals surface area (Å²) in [4.78, 5) is 9.82. The first-order valence-electron chi connectivity index (χ1n) is 10.5. The van der Waals surface area contributed by atoms with Crippen molar-refractivity contribution in [3.63, 3.8) is 0 Å². The van der Waals surface area contributed by atoms with E-state index in [9.17, 15) is 0 Å². The maximum Gasteiger partial charge on any atom is 0.191 e. The summed E-state index contributed by atoms with van der Waals surface area (Å²) in [5.41, 5.74) is 1.32. The Kier molecular flexibility index (Phi) is 9.06. The summed E-state index contributed by atoms with van der Waals surface area (Å²) in [7, 11) is 2.20. The Morgan fingerprint density at radius 3 is 2.57 bits per heavy atom. The van der Waals surface area contributed by atoms with Gasteiger partial charge in [0.15, 0.2) is 5.96 Å². The number of aliphatic imine (C=N–C) groups is 1. The van der Waals surface area contributed by atoms with E-state index in [0.29, 0.717) is 6.04 Å². The van der Waals surface area contributed by atoms with Gasteiger partial charge in [-0.15, -0.1) is 0 Å². The highest BCUT2D eigenvalue weighted by Crippen LogP contribution is 2.24. The van der Waals surface area contributed by atoms with Crippen molar-refractivity contribution in [1.82, 2.24) is 20.4 Å². The van der Waals surface area contributed by atoms with Gasteiger partial charge in [-0.1, -0.05) is 37.6 Å². The molecule has 5 nitrogen and oxygen atoms in total. The Labute approximate surface area is 176 Å². The third kappa shape index (κ3) is 7.98. The smallest absolute Gasteiger partial charge is 0.191 e.